The minimum Gasteiger partial charge on any atom is -0.383 e. The third-order valence-electron chi connectivity index (χ3n) is 3.07. The number of nitrogen functional groups attached to an aromatic ring is 1. The molecule has 0 atom stereocenters. The Hall–Kier alpha value is -2.96. The van der Waals surface area contributed by atoms with Crippen LogP contribution < -0.4 is 5.73 Å². The van der Waals surface area contributed by atoms with E-state index in [2.05, 4.69) is 25.3 Å². The van der Waals surface area contributed by atoms with Crippen molar-refractivity contribution in [3.63, 3.8) is 0 Å². The first-order valence-electron chi connectivity index (χ1n) is 5.70. The Bertz CT molecular complexity index is 889. The number of aromatic amines is 1. The monoisotopic (exact) mass is 251 g/mol. The molecule has 7 heteroatoms. The van der Waals surface area contributed by atoms with E-state index in [0.29, 0.717) is 11.5 Å². The molecule has 7 nitrogen and oxygen atoms in total. The summed E-state index contributed by atoms with van der Waals surface area (Å²) in [7, 11) is 0. The van der Waals surface area contributed by atoms with Gasteiger partial charge in [-0.05, 0) is 18.2 Å². The van der Waals surface area contributed by atoms with Crippen LogP contribution in [0, 0.1) is 0 Å². The number of benzene rings is 1. The Morgan fingerprint density at radius 2 is 2.11 bits per heavy atom. The highest BCUT2D eigenvalue weighted by molar-refractivity contribution is 5.87. The van der Waals surface area contributed by atoms with Gasteiger partial charge in [-0.1, -0.05) is 0 Å². The predicted octanol–water partition coefficient (Wildman–Crippen LogP) is 1.27. The van der Waals surface area contributed by atoms with Gasteiger partial charge in [-0.25, -0.2) is 14.6 Å². The van der Waals surface area contributed by atoms with Crippen molar-refractivity contribution in [3.8, 4) is 5.69 Å². The van der Waals surface area contributed by atoms with Crippen LogP contribution in [0.5, 0.6) is 0 Å². The third kappa shape index (κ3) is 1.38. The fraction of sp³-hybridized carbons (Fsp3) is 0. The number of H-pyrrole nitrogens is 1. The average molecular weight is 251 g/mol. The molecule has 3 heterocycles. The molecule has 0 bridgehead atoms. The number of aromatic nitrogens is 6. The molecule has 0 saturated heterocycles. The van der Waals surface area contributed by atoms with E-state index < -0.39 is 0 Å². The molecule has 0 aliphatic heterocycles. The maximum Gasteiger partial charge on any atom is 0.168 e. The van der Waals surface area contributed by atoms with Crippen LogP contribution in [0.3, 0.4) is 0 Å². The van der Waals surface area contributed by atoms with Crippen LogP contribution in [0.4, 0.5) is 5.82 Å². The number of hydrogen-bond acceptors (Lipinski definition) is 5. The van der Waals surface area contributed by atoms with E-state index in [9.17, 15) is 0 Å². The van der Waals surface area contributed by atoms with Gasteiger partial charge < -0.3 is 5.73 Å². The maximum absolute atomic E-state index is 5.80. The summed E-state index contributed by atoms with van der Waals surface area (Å²) >= 11 is 0. The molecule has 3 aromatic heterocycles. The first kappa shape index (κ1) is 10.0. The predicted molar refractivity (Wildman–Crippen MR) is 70.7 cm³/mol. The molecule has 0 radical (unpaired) electrons. The molecular formula is C12H9N7. The maximum atomic E-state index is 5.80. The Labute approximate surface area is 107 Å². The normalized spacial score (nSPS) is 11.4. The Kier molecular flexibility index (Phi) is 1.85. The molecule has 0 aliphatic rings. The van der Waals surface area contributed by atoms with E-state index in [-0.39, 0.29) is 0 Å². The number of hydrogen-bond donors (Lipinski definition) is 2. The van der Waals surface area contributed by atoms with Crippen LogP contribution in [-0.4, -0.2) is 29.9 Å². The second-order valence-corrected chi connectivity index (χ2v) is 4.19. The lowest BCUT2D eigenvalue weighted by atomic mass is 10.2. The molecule has 3 N–H and O–H groups in total. The lowest BCUT2D eigenvalue weighted by Crippen LogP contribution is -1.98. The number of nitrogens with two attached hydrogens (primary N) is 1. The summed E-state index contributed by atoms with van der Waals surface area (Å²) in [6.45, 7) is 0. The highest BCUT2D eigenvalue weighted by Crippen LogP contribution is 2.21. The zero-order valence-corrected chi connectivity index (χ0v) is 9.78. The molecule has 0 spiro atoms. The van der Waals surface area contributed by atoms with Crippen molar-refractivity contribution in [3.05, 3.63) is 36.9 Å². The second-order valence-electron chi connectivity index (χ2n) is 4.19. The summed E-state index contributed by atoms with van der Waals surface area (Å²) in [6.07, 6.45) is 4.88. The van der Waals surface area contributed by atoms with Crippen LogP contribution >= 0.6 is 0 Å². The number of fused-ring (bicyclic) bond motifs is 2. The zero-order valence-electron chi connectivity index (χ0n) is 9.78. The molecule has 1 aromatic carbocycles. The van der Waals surface area contributed by atoms with Crippen molar-refractivity contribution >= 4 is 27.8 Å². The fourth-order valence-electron chi connectivity index (χ4n) is 2.11. The zero-order chi connectivity index (χ0) is 12.8. The average Bonchev–Trinajstić information content (AvgIpc) is 3.04. The van der Waals surface area contributed by atoms with E-state index in [0.717, 1.165) is 22.0 Å². The molecule has 92 valence electrons. The molecule has 0 saturated carbocycles. The quantitative estimate of drug-likeness (QED) is 0.531. The number of anilines is 1. The molecular weight excluding hydrogens is 242 g/mol. The summed E-state index contributed by atoms with van der Waals surface area (Å²) in [4.78, 5) is 8.18. The molecule has 0 aliphatic carbocycles. The fourth-order valence-corrected chi connectivity index (χ4v) is 2.11. The van der Waals surface area contributed by atoms with Gasteiger partial charge in [0.05, 0.1) is 29.0 Å². The highest BCUT2D eigenvalue weighted by atomic mass is 15.3. The first-order chi connectivity index (χ1) is 9.33. The first-order valence-corrected chi connectivity index (χ1v) is 5.70. The summed E-state index contributed by atoms with van der Waals surface area (Å²) in [6, 6.07) is 5.90. The number of nitrogens with one attached hydrogen (secondary N) is 1. The van der Waals surface area contributed by atoms with Gasteiger partial charge in [0.25, 0.3) is 0 Å². The largest absolute Gasteiger partial charge is 0.383 e. The van der Waals surface area contributed by atoms with Crippen LogP contribution in [0.1, 0.15) is 0 Å². The molecule has 0 amide bonds. The Morgan fingerprint density at radius 1 is 1.16 bits per heavy atom. The Morgan fingerprint density at radius 3 is 3.05 bits per heavy atom. The van der Waals surface area contributed by atoms with Gasteiger partial charge in [-0.3, -0.25) is 5.10 Å². The minimum atomic E-state index is 0.430. The SMILES string of the molecule is Nc1ncnc2c1cnn2-c1ccc2cn[nH]c2c1. The smallest absolute Gasteiger partial charge is 0.168 e. The van der Waals surface area contributed by atoms with Crippen molar-refractivity contribution in [2.45, 2.75) is 0 Å². The van der Waals surface area contributed by atoms with Crippen molar-refractivity contribution in [2.24, 2.45) is 0 Å². The summed E-state index contributed by atoms with van der Waals surface area (Å²) in [5.41, 5.74) is 8.33. The van der Waals surface area contributed by atoms with Crippen molar-refractivity contribution in [1.82, 2.24) is 29.9 Å². The van der Waals surface area contributed by atoms with Gasteiger partial charge in [0.2, 0.25) is 0 Å². The van der Waals surface area contributed by atoms with Crippen LogP contribution in [0.25, 0.3) is 27.6 Å². The van der Waals surface area contributed by atoms with Gasteiger partial charge in [0.15, 0.2) is 5.65 Å². The molecule has 19 heavy (non-hydrogen) atoms. The van der Waals surface area contributed by atoms with Gasteiger partial charge in [0, 0.05) is 5.39 Å². The topological polar surface area (TPSA) is 98.3 Å². The van der Waals surface area contributed by atoms with Gasteiger partial charge in [-0.2, -0.15) is 10.2 Å². The van der Waals surface area contributed by atoms with Crippen LogP contribution in [0.15, 0.2) is 36.9 Å². The lowest BCUT2D eigenvalue weighted by molar-refractivity contribution is 0.896. The van der Waals surface area contributed by atoms with Crippen molar-refractivity contribution in [1.29, 1.82) is 0 Å². The van der Waals surface area contributed by atoms with Crippen LogP contribution in [0.2, 0.25) is 0 Å². The second kappa shape index (κ2) is 3.52. The van der Waals surface area contributed by atoms with Crippen molar-refractivity contribution < 1.29 is 0 Å². The number of rotatable bonds is 1. The number of nitrogens with zero attached hydrogens (tertiary/aromatic N) is 5. The Balaban J connectivity index is 2.00. The van der Waals surface area contributed by atoms with Gasteiger partial charge in [0.1, 0.15) is 12.1 Å². The van der Waals surface area contributed by atoms with E-state index in [4.69, 9.17) is 5.73 Å². The standard InChI is InChI=1S/C12H9N7/c13-11-9-5-17-19(12(9)15-6-14-11)8-2-1-7-4-16-18-10(7)3-8/h1-6H,(H,16,18)(H2,13,14,15). The molecule has 0 unspecified atom stereocenters. The lowest BCUT2D eigenvalue weighted by Gasteiger charge is -2.02. The molecule has 4 aromatic rings. The van der Waals surface area contributed by atoms with E-state index in [1.54, 1.807) is 17.1 Å². The summed E-state index contributed by atoms with van der Waals surface area (Å²) in [5.74, 6) is 0.430. The van der Waals surface area contributed by atoms with E-state index >= 15 is 0 Å². The van der Waals surface area contributed by atoms with Gasteiger partial charge in [-0.15, -0.1) is 0 Å². The third-order valence-corrected chi connectivity index (χ3v) is 3.07. The highest BCUT2D eigenvalue weighted by Gasteiger charge is 2.09. The summed E-state index contributed by atoms with van der Waals surface area (Å²) in [5, 5.41) is 13.0. The minimum absolute atomic E-state index is 0.430. The van der Waals surface area contributed by atoms with Crippen LogP contribution in [-0.2, 0) is 0 Å². The molecule has 4 rings (SSSR count). The van der Waals surface area contributed by atoms with E-state index in [1.807, 2.05) is 18.2 Å². The van der Waals surface area contributed by atoms with Gasteiger partial charge >= 0.3 is 0 Å². The summed E-state index contributed by atoms with van der Waals surface area (Å²) < 4.78 is 1.73. The molecule has 0 fully saturated rings. The van der Waals surface area contributed by atoms with Crippen molar-refractivity contribution in [2.75, 3.05) is 5.73 Å². The van der Waals surface area contributed by atoms with E-state index in [1.165, 1.54) is 6.33 Å².